The van der Waals surface area contributed by atoms with Gasteiger partial charge in [-0.3, -0.25) is 4.79 Å². The van der Waals surface area contributed by atoms with E-state index in [-0.39, 0.29) is 35.2 Å². The molecule has 9 nitrogen and oxygen atoms in total. The van der Waals surface area contributed by atoms with Crippen LogP contribution >= 0.6 is 0 Å². The van der Waals surface area contributed by atoms with E-state index >= 15 is 0 Å². The van der Waals surface area contributed by atoms with Crippen molar-refractivity contribution >= 4 is 16.8 Å². The van der Waals surface area contributed by atoms with E-state index in [1.165, 1.54) is 10.6 Å². The Morgan fingerprint density at radius 1 is 0.955 bits per heavy atom. The first kappa shape index (κ1) is 29.3. The Morgan fingerprint density at radius 2 is 1.70 bits per heavy atom. The summed E-state index contributed by atoms with van der Waals surface area (Å²) in [6, 6.07) is 18.5. The summed E-state index contributed by atoms with van der Waals surface area (Å²) in [5.41, 5.74) is 4.76. The molecule has 0 atom stereocenters. The number of nitrogens with zero attached hydrogens (tertiary/aromatic N) is 5. The van der Waals surface area contributed by atoms with Crippen LogP contribution in [-0.2, 0) is 17.8 Å². The number of amides is 1. The van der Waals surface area contributed by atoms with E-state index in [2.05, 4.69) is 34.0 Å². The van der Waals surface area contributed by atoms with Gasteiger partial charge in [0.05, 0.1) is 17.7 Å². The SMILES string of the molecule is [CH2]c1ccc(CC(=O)N2CCC(CCn3ccc4cc(-n5c(O)nnc5-c5cc(C(C)C)c(O)cc5O)ccc43)CC2)cc1. The lowest BCUT2D eigenvalue weighted by Gasteiger charge is -2.32. The molecule has 3 aromatic carbocycles. The molecule has 1 fully saturated rings. The minimum atomic E-state index is -0.293. The average molecular weight is 593 g/mol. The zero-order valence-electron chi connectivity index (χ0n) is 25.1. The highest BCUT2D eigenvalue weighted by molar-refractivity contribution is 5.83. The van der Waals surface area contributed by atoms with E-state index in [1.807, 2.05) is 61.2 Å². The second kappa shape index (κ2) is 12.1. The number of benzene rings is 3. The van der Waals surface area contributed by atoms with Crippen molar-refractivity contribution in [3.05, 3.63) is 90.5 Å². The highest BCUT2D eigenvalue weighted by Gasteiger charge is 2.24. The topological polar surface area (TPSA) is 117 Å². The molecule has 0 saturated carbocycles. The van der Waals surface area contributed by atoms with Gasteiger partial charge in [0.15, 0.2) is 5.82 Å². The van der Waals surface area contributed by atoms with Crippen molar-refractivity contribution in [2.75, 3.05) is 13.1 Å². The average Bonchev–Trinajstić information content (AvgIpc) is 3.59. The number of carbonyl (C=O) groups is 1. The normalized spacial score (nSPS) is 14.1. The Balaban J connectivity index is 1.12. The quantitative estimate of drug-likeness (QED) is 0.198. The monoisotopic (exact) mass is 592 g/mol. The molecule has 2 aromatic heterocycles. The molecule has 9 heteroatoms. The van der Waals surface area contributed by atoms with Crippen LogP contribution in [0.2, 0.25) is 0 Å². The Kier molecular flexibility index (Phi) is 8.03. The smallest absolute Gasteiger partial charge is 0.319 e. The number of aromatic hydroxyl groups is 3. The first-order valence-electron chi connectivity index (χ1n) is 15.2. The van der Waals surface area contributed by atoms with Gasteiger partial charge in [-0.05, 0) is 85.0 Å². The molecule has 227 valence electrons. The number of carbonyl (C=O) groups excluding carboxylic acids is 1. The van der Waals surface area contributed by atoms with Crippen LogP contribution in [0.15, 0.2) is 66.9 Å². The van der Waals surface area contributed by atoms with Crippen LogP contribution in [0.25, 0.3) is 28.0 Å². The van der Waals surface area contributed by atoms with Gasteiger partial charge in [-0.2, -0.15) is 0 Å². The molecule has 5 aromatic rings. The number of hydrogen-bond acceptors (Lipinski definition) is 6. The Labute approximate surface area is 257 Å². The Hall–Kier alpha value is -4.79. The lowest BCUT2D eigenvalue weighted by atomic mass is 9.93. The van der Waals surface area contributed by atoms with E-state index in [9.17, 15) is 20.1 Å². The molecule has 0 bridgehead atoms. The van der Waals surface area contributed by atoms with Gasteiger partial charge in [0.1, 0.15) is 11.5 Å². The fourth-order valence-electron chi connectivity index (χ4n) is 6.18. The molecule has 1 saturated heterocycles. The van der Waals surface area contributed by atoms with Gasteiger partial charge >= 0.3 is 6.01 Å². The fraction of sp³-hybridized carbons (Fsp3) is 0.314. The van der Waals surface area contributed by atoms with Crippen LogP contribution in [0.5, 0.6) is 17.5 Å². The molecule has 0 aliphatic carbocycles. The zero-order valence-corrected chi connectivity index (χ0v) is 25.1. The lowest BCUT2D eigenvalue weighted by Crippen LogP contribution is -2.39. The molecule has 3 heterocycles. The van der Waals surface area contributed by atoms with Crippen LogP contribution in [0, 0.1) is 12.8 Å². The second-order valence-corrected chi connectivity index (χ2v) is 12.1. The number of aryl methyl sites for hydroxylation is 1. The number of piperidine rings is 1. The van der Waals surface area contributed by atoms with E-state index in [4.69, 9.17) is 0 Å². The molecule has 0 unspecified atom stereocenters. The number of fused-ring (bicyclic) bond motifs is 1. The Morgan fingerprint density at radius 3 is 2.43 bits per heavy atom. The number of phenolic OH excluding ortho intramolecular Hbond substituents is 2. The number of aromatic nitrogens is 4. The lowest BCUT2D eigenvalue weighted by molar-refractivity contribution is -0.131. The third-order valence-electron chi connectivity index (χ3n) is 8.79. The summed E-state index contributed by atoms with van der Waals surface area (Å²) in [5, 5.41) is 40.6. The van der Waals surface area contributed by atoms with Crippen molar-refractivity contribution in [3.63, 3.8) is 0 Å². The summed E-state index contributed by atoms with van der Waals surface area (Å²) in [4.78, 5) is 14.8. The molecule has 1 amide bonds. The Bertz CT molecular complexity index is 1800. The summed E-state index contributed by atoms with van der Waals surface area (Å²) in [5.74, 6) is 0.915. The summed E-state index contributed by atoms with van der Waals surface area (Å²) in [7, 11) is 0. The van der Waals surface area contributed by atoms with Crippen molar-refractivity contribution in [1.29, 1.82) is 0 Å². The van der Waals surface area contributed by atoms with Crippen molar-refractivity contribution in [2.24, 2.45) is 5.92 Å². The zero-order chi connectivity index (χ0) is 31.0. The van der Waals surface area contributed by atoms with Crippen LogP contribution < -0.4 is 0 Å². The molecular formula is C35H38N5O4. The number of likely N-dealkylation sites (tertiary alicyclic amines) is 1. The first-order valence-corrected chi connectivity index (χ1v) is 15.2. The largest absolute Gasteiger partial charge is 0.508 e. The standard InChI is InChI=1S/C35H38N5O4/c1-22(2)28-20-29(32(42)21-31(28)41)34-36-37-35(44)40(34)27-8-9-30-26(19-27)13-17-38(30)14-10-24-11-15-39(16-12-24)33(43)18-25-6-4-23(3)5-7-25/h4-9,13,17,19-22,24,41-42H,3,10-12,14-16,18H2,1-2H3,(H,37,44). The number of hydrogen-bond donors (Lipinski definition) is 3. The van der Waals surface area contributed by atoms with Crippen LogP contribution in [0.3, 0.4) is 0 Å². The molecule has 6 rings (SSSR count). The predicted molar refractivity (Wildman–Crippen MR) is 170 cm³/mol. The molecular weight excluding hydrogens is 554 g/mol. The van der Waals surface area contributed by atoms with Crippen molar-refractivity contribution in [1.82, 2.24) is 24.2 Å². The molecule has 3 N–H and O–H groups in total. The van der Waals surface area contributed by atoms with Gasteiger partial charge in [0, 0.05) is 42.8 Å². The highest BCUT2D eigenvalue weighted by Crippen LogP contribution is 2.39. The maximum absolute atomic E-state index is 12.8. The maximum Gasteiger partial charge on any atom is 0.319 e. The van der Waals surface area contributed by atoms with E-state index in [0.29, 0.717) is 29.2 Å². The molecule has 1 aliphatic heterocycles. The summed E-state index contributed by atoms with van der Waals surface area (Å²) < 4.78 is 3.74. The van der Waals surface area contributed by atoms with Gasteiger partial charge in [-0.1, -0.05) is 43.2 Å². The second-order valence-electron chi connectivity index (χ2n) is 12.1. The minimum absolute atomic E-state index is 0.00887. The molecule has 44 heavy (non-hydrogen) atoms. The minimum Gasteiger partial charge on any atom is -0.508 e. The molecule has 1 radical (unpaired) electrons. The van der Waals surface area contributed by atoms with Gasteiger partial charge in [-0.15, -0.1) is 5.10 Å². The molecule has 1 aliphatic rings. The maximum atomic E-state index is 12.8. The van der Waals surface area contributed by atoms with E-state index in [0.717, 1.165) is 60.9 Å². The van der Waals surface area contributed by atoms with Crippen LogP contribution in [0.4, 0.5) is 0 Å². The van der Waals surface area contributed by atoms with Crippen LogP contribution in [-0.4, -0.2) is 58.5 Å². The van der Waals surface area contributed by atoms with Crippen molar-refractivity contribution in [2.45, 2.75) is 52.0 Å². The fourth-order valence-corrected chi connectivity index (χ4v) is 6.18. The van der Waals surface area contributed by atoms with Gasteiger partial charge in [0.25, 0.3) is 0 Å². The summed E-state index contributed by atoms with van der Waals surface area (Å²) in [6.45, 7) is 10.3. The summed E-state index contributed by atoms with van der Waals surface area (Å²) in [6.07, 6.45) is 5.56. The third kappa shape index (κ3) is 5.86. The van der Waals surface area contributed by atoms with Gasteiger partial charge < -0.3 is 24.8 Å². The molecule has 0 spiro atoms. The summed E-state index contributed by atoms with van der Waals surface area (Å²) >= 11 is 0. The van der Waals surface area contributed by atoms with Gasteiger partial charge in [0.2, 0.25) is 5.91 Å². The number of rotatable bonds is 8. The van der Waals surface area contributed by atoms with Crippen LogP contribution in [0.1, 0.15) is 55.7 Å². The van der Waals surface area contributed by atoms with Crippen molar-refractivity contribution < 1.29 is 20.1 Å². The van der Waals surface area contributed by atoms with E-state index in [1.54, 1.807) is 6.07 Å². The predicted octanol–water partition coefficient (Wildman–Crippen LogP) is 6.18. The van der Waals surface area contributed by atoms with E-state index < -0.39 is 0 Å². The van der Waals surface area contributed by atoms with Crippen molar-refractivity contribution in [3.8, 4) is 34.6 Å². The third-order valence-corrected chi connectivity index (χ3v) is 8.79. The first-order chi connectivity index (χ1) is 21.2. The number of phenols is 2. The highest BCUT2D eigenvalue weighted by atomic mass is 16.3. The van der Waals surface area contributed by atoms with Gasteiger partial charge in [-0.25, -0.2) is 4.57 Å².